The Morgan fingerprint density at radius 2 is 1.73 bits per heavy atom. The minimum atomic E-state index is -1.02. The molecule has 15 heavy (non-hydrogen) atoms. The number of nitrogen functional groups attached to an aromatic ring is 2. The summed E-state index contributed by atoms with van der Waals surface area (Å²) in [4.78, 5) is 10.4. The third-order valence-corrected chi connectivity index (χ3v) is 1.41. The number of hydrogen-bond donors (Lipinski definition) is 3. The van der Waals surface area contributed by atoms with Gasteiger partial charge in [0.1, 0.15) is 0 Å². The molecule has 1 aromatic carbocycles. The minimum Gasteiger partial charge on any atom is -0.478 e. The van der Waals surface area contributed by atoms with E-state index in [2.05, 4.69) is 0 Å². The molecule has 0 saturated carbocycles. The Morgan fingerprint density at radius 3 is 2.00 bits per heavy atom. The molecule has 0 aliphatic rings. The van der Waals surface area contributed by atoms with E-state index in [9.17, 15) is 9.18 Å². The van der Waals surface area contributed by atoms with Crippen LogP contribution in [-0.2, 0) is 0 Å². The number of rotatable bonds is 2. The van der Waals surface area contributed by atoms with Crippen LogP contribution in [0.1, 0.15) is 23.7 Å². The van der Waals surface area contributed by atoms with Gasteiger partial charge in [0.15, 0.2) is 0 Å². The fourth-order valence-corrected chi connectivity index (χ4v) is 0.800. The van der Waals surface area contributed by atoms with Crippen molar-refractivity contribution < 1.29 is 14.3 Å². The van der Waals surface area contributed by atoms with Crippen LogP contribution in [0.25, 0.3) is 0 Å². The maximum atomic E-state index is 10.7. The first-order valence-corrected chi connectivity index (χ1v) is 4.46. The molecule has 4 nitrogen and oxygen atoms in total. The van der Waals surface area contributed by atoms with E-state index in [-0.39, 0.29) is 12.2 Å². The van der Waals surface area contributed by atoms with E-state index in [0.29, 0.717) is 17.8 Å². The molecule has 84 valence electrons. The number of nitrogens with two attached hydrogens (primary N) is 2. The van der Waals surface area contributed by atoms with Crippen LogP contribution in [0.3, 0.4) is 0 Å². The van der Waals surface area contributed by atoms with E-state index < -0.39 is 5.97 Å². The van der Waals surface area contributed by atoms with Crippen LogP contribution in [0.4, 0.5) is 15.8 Å². The molecule has 0 aromatic heterocycles. The summed E-state index contributed by atoms with van der Waals surface area (Å²) in [5, 5.41) is 8.52. The molecule has 0 unspecified atom stereocenters. The Kier molecular flexibility index (Phi) is 5.85. The van der Waals surface area contributed by atoms with Crippen molar-refractivity contribution in [3.63, 3.8) is 0 Å². The highest BCUT2D eigenvalue weighted by Gasteiger charge is 2.02. The molecule has 5 heteroatoms. The third kappa shape index (κ3) is 5.51. The van der Waals surface area contributed by atoms with Gasteiger partial charge < -0.3 is 16.6 Å². The van der Waals surface area contributed by atoms with Crippen LogP contribution in [-0.4, -0.2) is 17.8 Å². The second-order valence-electron chi connectivity index (χ2n) is 2.88. The lowest BCUT2D eigenvalue weighted by Crippen LogP contribution is -1.99. The van der Waals surface area contributed by atoms with Gasteiger partial charge in [-0.1, -0.05) is 6.92 Å². The number of hydrogen-bond acceptors (Lipinski definition) is 3. The predicted molar refractivity (Wildman–Crippen MR) is 58.5 cm³/mol. The molecule has 0 bridgehead atoms. The monoisotopic (exact) mass is 214 g/mol. The lowest BCUT2D eigenvalue weighted by Gasteiger charge is -1.98. The smallest absolute Gasteiger partial charge is 0.335 e. The highest BCUT2D eigenvalue weighted by atomic mass is 19.1. The summed E-state index contributed by atoms with van der Waals surface area (Å²) in [6, 6.07) is 4.23. The number of anilines is 2. The first kappa shape index (κ1) is 13.2. The van der Waals surface area contributed by atoms with Crippen molar-refractivity contribution in [2.24, 2.45) is 0 Å². The van der Waals surface area contributed by atoms with Gasteiger partial charge in [-0.2, -0.15) is 0 Å². The van der Waals surface area contributed by atoms with Crippen molar-refractivity contribution in [1.29, 1.82) is 0 Å². The first-order valence-electron chi connectivity index (χ1n) is 4.46. The van der Waals surface area contributed by atoms with Crippen LogP contribution in [0.15, 0.2) is 18.2 Å². The van der Waals surface area contributed by atoms with Crippen molar-refractivity contribution in [2.45, 2.75) is 13.3 Å². The molecule has 1 rings (SSSR count). The largest absolute Gasteiger partial charge is 0.478 e. The van der Waals surface area contributed by atoms with Crippen LogP contribution < -0.4 is 11.5 Å². The molecule has 1 aromatic rings. The molecule has 5 N–H and O–H groups in total. The normalized spacial score (nSPS) is 8.93. The topological polar surface area (TPSA) is 89.3 Å². The molecule has 0 spiro atoms. The van der Waals surface area contributed by atoms with E-state index in [1.165, 1.54) is 18.2 Å². The zero-order chi connectivity index (χ0) is 11.8. The maximum Gasteiger partial charge on any atom is 0.335 e. The minimum absolute atomic E-state index is 0.113. The van der Waals surface area contributed by atoms with Crippen LogP contribution in [0.2, 0.25) is 0 Å². The van der Waals surface area contributed by atoms with Crippen molar-refractivity contribution in [3.05, 3.63) is 23.8 Å². The first-order chi connectivity index (χ1) is 7.01. The fraction of sp³-hybridized carbons (Fsp3) is 0.300. The molecule has 0 amide bonds. The lowest BCUT2D eigenvalue weighted by atomic mass is 10.2. The van der Waals surface area contributed by atoms with Crippen LogP contribution >= 0.6 is 0 Å². The number of benzene rings is 1. The number of halogens is 1. The second-order valence-corrected chi connectivity index (χ2v) is 2.88. The SMILES string of the molecule is CCCF.Nc1cc(N)cc(C(=O)O)c1. The summed E-state index contributed by atoms with van der Waals surface area (Å²) in [6.45, 7) is 1.62. The lowest BCUT2D eigenvalue weighted by molar-refractivity contribution is 0.0697. The molecule has 0 atom stereocenters. The molecule has 0 radical (unpaired) electrons. The summed E-state index contributed by atoms with van der Waals surface area (Å²) in [7, 11) is 0. The van der Waals surface area contributed by atoms with Crippen LogP contribution in [0.5, 0.6) is 0 Å². The van der Waals surface area contributed by atoms with Gasteiger partial charge in [-0.25, -0.2) is 4.79 Å². The van der Waals surface area contributed by atoms with E-state index in [1.807, 2.05) is 0 Å². The van der Waals surface area contributed by atoms with Gasteiger partial charge in [0.25, 0.3) is 0 Å². The van der Waals surface area contributed by atoms with Crippen LogP contribution in [0, 0.1) is 0 Å². The van der Waals surface area contributed by atoms with Gasteiger partial charge in [-0.3, -0.25) is 4.39 Å². The number of carbonyl (C=O) groups is 1. The molecule has 0 saturated heterocycles. The molecule has 0 fully saturated rings. The van der Waals surface area contributed by atoms with Crippen molar-refractivity contribution >= 4 is 17.3 Å². The predicted octanol–water partition coefficient (Wildman–Crippen LogP) is 1.92. The fourth-order valence-electron chi connectivity index (χ4n) is 0.800. The Labute approximate surface area is 87.7 Å². The summed E-state index contributed by atoms with van der Waals surface area (Å²) in [6.07, 6.45) is 0.653. The number of aromatic carboxylic acids is 1. The number of alkyl halides is 1. The molecule has 0 aliphatic carbocycles. The summed E-state index contributed by atoms with van der Waals surface area (Å²) in [5.74, 6) is -1.02. The van der Waals surface area contributed by atoms with E-state index in [4.69, 9.17) is 16.6 Å². The van der Waals surface area contributed by atoms with Crippen molar-refractivity contribution in [2.75, 3.05) is 18.1 Å². The molecule has 0 aliphatic heterocycles. The summed E-state index contributed by atoms with van der Waals surface area (Å²) >= 11 is 0. The highest BCUT2D eigenvalue weighted by Crippen LogP contribution is 2.12. The zero-order valence-electron chi connectivity index (χ0n) is 8.53. The molecular weight excluding hydrogens is 199 g/mol. The van der Waals surface area contributed by atoms with E-state index >= 15 is 0 Å². The standard InChI is InChI=1S/C7H8N2O2.C3H7F/c8-5-1-4(7(10)11)2-6(9)3-5;1-2-3-4/h1-3H,8-9H2,(H,10,11);2-3H2,1H3. The summed E-state index contributed by atoms with van der Waals surface area (Å²) in [5.41, 5.74) is 11.5. The Morgan fingerprint density at radius 1 is 1.33 bits per heavy atom. The maximum absolute atomic E-state index is 10.7. The van der Waals surface area contributed by atoms with Crippen molar-refractivity contribution in [3.8, 4) is 0 Å². The Hall–Kier alpha value is -1.78. The zero-order valence-corrected chi connectivity index (χ0v) is 8.53. The Bertz CT molecular complexity index is 307. The van der Waals surface area contributed by atoms with Gasteiger partial charge in [0.05, 0.1) is 12.2 Å². The number of carboxylic acid groups (broad SMARTS) is 1. The van der Waals surface area contributed by atoms with Gasteiger partial charge in [-0.05, 0) is 24.6 Å². The average Bonchev–Trinajstić information content (AvgIpc) is 2.16. The van der Waals surface area contributed by atoms with Gasteiger partial charge in [0.2, 0.25) is 0 Å². The van der Waals surface area contributed by atoms with E-state index in [1.54, 1.807) is 6.92 Å². The average molecular weight is 214 g/mol. The quantitative estimate of drug-likeness (QED) is 0.656. The third-order valence-electron chi connectivity index (χ3n) is 1.41. The molecular formula is C10H15FN2O2. The second kappa shape index (κ2) is 6.64. The van der Waals surface area contributed by atoms with Crippen molar-refractivity contribution in [1.82, 2.24) is 0 Å². The van der Waals surface area contributed by atoms with Gasteiger partial charge in [-0.15, -0.1) is 0 Å². The van der Waals surface area contributed by atoms with Gasteiger partial charge in [0, 0.05) is 11.4 Å². The van der Waals surface area contributed by atoms with E-state index in [0.717, 1.165) is 0 Å². The highest BCUT2D eigenvalue weighted by molar-refractivity contribution is 5.90. The summed E-state index contributed by atoms with van der Waals surface area (Å²) < 4.78 is 10.7. The molecule has 0 heterocycles. The van der Waals surface area contributed by atoms with Gasteiger partial charge >= 0.3 is 5.97 Å². The number of carboxylic acids is 1. The Balaban J connectivity index is 0.000000423.